The van der Waals surface area contributed by atoms with Gasteiger partial charge in [0.15, 0.2) is 9.84 Å². The van der Waals surface area contributed by atoms with Gasteiger partial charge in [0.25, 0.3) is 0 Å². The molecule has 1 aliphatic carbocycles. The maximum absolute atomic E-state index is 11.9. The predicted octanol–water partition coefficient (Wildman–Crippen LogP) is 1.20. The van der Waals surface area contributed by atoms with Crippen molar-refractivity contribution >= 4 is 9.84 Å². The first-order chi connectivity index (χ1) is 7.09. The van der Waals surface area contributed by atoms with Crippen molar-refractivity contribution in [3.8, 4) is 0 Å². The minimum absolute atomic E-state index is 0.0711. The van der Waals surface area contributed by atoms with Gasteiger partial charge >= 0.3 is 0 Å². The molecule has 1 fully saturated rings. The van der Waals surface area contributed by atoms with E-state index in [2.05, 4.69) is 0 Å². The summed E-state index contributed by atoms with van der Waals surface area (Å²) in [5, 5.41) is 0. The van der Waals surface area contributed by atoms with E-state index in [1.165, 1.54) is 0 Å². The Balaban J connectivity index is 2.13. The molecule has 3 nitrogen and oxygen atoms in total. The molecule has 1 saturated carbocycles. The molecule has 1 aromatic rings. The average molecular weight is 225 g/mol. The number of hydrogen-bond donors (Lipinski definition) is 1. The molecule has 1 unspecified atom stereocenters. The number of sulfone groups is 1. The first kappa shape index (κ1) is 10.6. The molecular weight excluding hydrogens is 210 g/mol. The van der Waals surface area contributed by atoms with Crippen LogP contribution in [-0.4, -0.2) is 20.2 Å². The number of hydrogen-bond acceptors (Lipinski definition) is 3. The highest BCUT2D eigenvalue weighted by molar-refractivity contribution is 7.91. The molecule has 4 heteroatoms. The smallest absolute Gasteiger partial charge is 0.179 e. The van der Waals surface area contributed by atoms with Gasteiger partial charge in [0.05, 0.1) is 10.6 Å². The van der Waals surface area contributed by atoms with Crippen molar-refractivity contribution in [2.45, 2.75) is 23.8 Å². The predicted molar refractivity (Wildman–Crippen MR) is 59.2 cm³/mol. The number of nitrogens with two attached hydrogens (primary N) is 1. The highest BCUT2D eigenvalue weighted by Gasteiger charge is 2.32. The van der Waals surface area contributed by atoms with Crippen LogP contribution in [0, 0.1) is 5.92 Å². The van der Waals surface area contributed by atoms with Gasteiger partial charge in [0.2, 0.25) is 0 Å². The van der Waals surface area contributed by atoms with Gasteiger partial charge in [-0.25, -0.2) is 8.42 Å². The molecular formula is C11H15NO2S. The number of benzene rings is 1. The summed E-state index contributed by atoms with van der Waals surface area (Å²) < 4.78 is 23.8. The van der Waals surface area contributed by atoms with Crippen LogP contribution in [0.3, 0.4) is 0 Å². The van der Waals surface area contributed by atoms with Crippen LogP contribution in [0.5, 0.6) is 0 Å². The van der Waals surface area contributed by atoms with Crippen LogP contribution >= 0.6 is 0 Å². The quantitative estimate of drug-likeness (QED) is 0.837. The monoisotopic (exact) mass is 225 g/mol. The van der Waals surface area contributed by atoms with Crippen LogP contribution < -0.4 is 5.73 Å². The van der Waals surface area contributed by atoms with Gasteiger partial charge in [-0.3, -0.25) is 0 Å². The Labute approximate surface area is 90.2 Å². The lowest BCUT2D eigenvalue weighted by Gasteiger charge is -2.10. The fraction of sp³-hybridized carbons (Fsp3) is 0.455. The van der Waals surface area contributed by atoms with Gasteiger partial charge in [-0.1, -0.05) is 18.2 Å². The second-order valence-electron chi connectivity index (χ2n) is 4.10. The Morgan fingerprint density at radius 1 is 1.27 bits per heavy atom. The third kappa shape index (κ3) is 2.58. The minimum atomic E-state index is -3.19. The van der Waals surface area contributed by atoms with Crippen LogP contribution in [0.2, 0.25) is 0 Å². The normalized spacial score (nSPS) is 18.7. The second-order valence-corrected chi connectivity index (χ2v) is 6.13. The lowest BCUT2D eigenvalue weighted by atomic mass is 10.2. The summed E-state index contributed by atoms with van der Waals surface area (Å²) in [7, 11) is -3.19. The lowest BCUT2D eigenvalue weighted by Crippen LogP contribution is -2.31. The van der Waals surface area contributed by atoms with E-state index < -0.39 is 9.84 Å². The Hall–Kier alpha value is -0.870. The summed E-state index contributed by atoms with van der Waals surface area (Å²) in [5.74, 6) is 0.491. The molecule has 0 aliphatic heterocycles. The molecule has 0 heterocycles. The second kappa shape index (κ2) is 3.94. The molecule has 0 spiro atoms. The number of rotatable bonds is 4. The van der Waals surface area contributed by atoms with Crippen LogP contribution in [0.25, 0.3) is 0 Å². The summed E-state index contributed by atoms with van der Waals surface area (Å²) in [5.41, 5.74) is 5.82. The van der Waals surface area contributed by atoms with Gasteiger partial charge in [0.1, 0.15) is 0 Å². The largest absolute Gasteiger partial charge is 0.327 e. The third-order valence-corrected chi connectivity index (χ3v) is 4.56. The molecule has 2 rings (SSSR count). The van der Waals surface area contributed by atoms with Crippen molar-refractivity contribution in [2.75, 3.05) is 5.75 Å². The molecule has 0 amide bonds. The van der Waals surface area contributed by atoms with Crippen molar-refractivity contribution in [1.29, 1.82) is 0 Å². The third-order valence-electron chi connectivity index (χ3n) is 2.74. The van der Waals surface area contributed by atoms with E-state index in [1.54, 1.807) is 30.3 Å². The summed E-state index contributed by atoms with van der Waals surface area (Å²) in [6.45, 7) is 0. The van der Waals surface area contributed by atoms with Crippen LogP contribution in [0.1, 0.15) is 12.8 Å². The minimum Gasteiger partial charge on any atom is -0.327 e. The maximum Gasteiger partial charge on any atom is 0.179 e. The molecule has 0 bridgehead atoms. The molecule has 1 aromatic carbocycles. The van der Waals surface area contributed by atoms with Crippen molar-refractivity contribution in [3.63, 3.8) is 0 Å². The van der Waals surface area contributed by atoms with Crippen molar-refractivity contribution < 1.29 is 8.42 Å². The van der Waals surface area contributed by atoms with Crippen molar-refractivity contribution in [2.24, 2.45) is 11.7 Å². The highest BCUT2D eigenvalue weighted by atomic mass is 32.2. The molecule has 15 heavy (non-hydrogen) atoms. The zero-order valence-electron chi connectivity index (χ0n) is 8.46. The van der Waals surface area contributed by atoms with Crippen molar-refractivity contribution in [1.82, 2.24) is 0 Å². The van der Waals surface area contributed by atoms with Crippen molar-refractivity contribution in [3.05, 3.63) is 30.3 Å². The first-order valence-corrected chi connectivity index (χ1v) is 6.78. The molecule has 2 N–H and O–H groups in total. The zero-order chi connectivity index (χ0) is 10.9. The topological polar surface area (TPSA) is 60.2 Å². The fourth-order valence-corrected chi connectivity index (χ4v) is 3.18. The van der Waals surface area contributed by atoms with E-state index in [0.717, 1.165) is 12.8 Å². The van der Waals surface area contributed by atoms with E-state index in [1.807, 2.05) is 0 Å². The summed E-state index contributed by atoms with van der Waals surface area (Å²) in [4.78, 5) is 0.376. The van der Waals surface area contributed by atoms with Crippen LogP contribution in [0.15, 0.2) is 35.2 Å². The van der Waals surface area contributed by atoms with Gasteiger partial charge in [0, 0.05) is 6.04 Å². The molecule has 0 aromatic heterocycles. The summed E-state index contributed by atoms with van der Waals surface area (Å²) in [6.07, 6.45) is 2.15. The first-order valence-electron chi connectivity index (χ1n) is 5.13. The fourth-order valence-electron chi connectivity index (χ4n) is 1.64. The Morgan fingerprint density at radius 3 is 2.40 bits per heavy atom. The Kier molecular flexibility index (Phi) is 2.80. The molecule has 82 valence electrons. The molecule has 0 radical (unpaired) electrons. The Morgan fingerprint density at radius 2 is 1.87 bits per heavy atom. The average Bonchev–Trinajstić information content (AvgIpc) is 3.01. The maximum atomic E-state index is 11.9. The van der Waals surface area contributed by atoms with E-state index in [0.29, 0.717) is 10.8 Å². The van der Waals surface area contributed by atoms with E-state index in [4.69, 9.17) is 5.73 Å². The van der Waals surface area contributed by atoms with Gasteiger partial charge in [-0.2, -0.15) is 0 Å². The highest BCUT2D eigenvalue weighted by Crippen LogP contribution is 2.32. The summed E-state index contributed by atoms with van der Waals surface area (Å²) in [6, 6.07) is 8.31. The van der Waals surface area contributed by atoms with Crippen LogP contribution in [-0.2, 0) is 9.84 Å². The molecule has 0 saturated heterocycles. The standard InChI is InChI=1S/C11H15NO2S/c12-11(9-6-7-9)8-15(13,14)10-4-2-1-3-5-10/h1-5,9,11H,6-8,12H2. The van der Waals surface area contributed by atoms with Gasteiger partial charge < -0.3 is 5.73 Å². The SMILES string of the molecule is NC(CS(=O)(=O)c1ccccc1)C1CC1. The Bertz CT molecular complexity index is 423. The molecule has 1 atom stereocenters. The van der Waals surface area contributed by atoms with E-state index >= 15 is 0 Å². The van der Waals surface area contributed by atoms with E-state index in [-0.39, 0.29) is 11.8 Å². The van der Waals surface area contributed by atoms with Gasteiger partial charge in [-0.05, 0) is 30.9 Å². The van der Waals surface area contributed by atoms with Crippen LogP contribution in [0.4, 0.5) is 0 Å². The van der Waals surface area contributed by atoms with Gasteiger partial charge in [-0.15, -0.1) is 0 Å². The molecule has 1 aliphatic rings. The summed E-state index contributed by atoms with van der Waals surface area (Å²) >= 11 is 0. The lowest BCUT2D eigenvalue weighted by molar-refractivity contribution is 0.574. The zero-order valence-corrected chi connectivity index (χ0v) is 9.28. The van der Waals surface area contributed by atoms with E-state index in [9.17, 15) is 8.42 Å².